The van der Waals surface area contributed by atoms with Gasteiger partial charge in [0.2, 0.25) is 0 Å². The van der Waals surface area contributed by atoms with E-state index in [2.05, 4.69) is 54.6 Å². The van der Waals surface area contributed by atoms with Gasteiger partial charge in [-0.1, -0.05) is 6.92 Å². The number of aryl methyl sites for hydroxylation is 1. The fraction of sp³-hybridized carbons (Fsp3) is 0.643. The second kappa shape index (κ2) is 5.05. The zero-order chi connectivity index (χ0) is 12.4. The van der Waals surface area contributed by atoms with Crippen LogP contribution in [0.25, 0.3) is 0 Å². The predicted octanol–water partition coefficient (Wildman–Crippen LogP) is 2.31. The Labute approximate surface area is 104 Å². The summed E-state index contributed by atoms with van der Waals surface area (Å²) in [6.45, 7) is 12.3. The van der Waals surface area contributed by atoms with Gasteiger partial charge in [0.1, 0.15) is 5.82 Å². The number of hydrogen-bond acceptors (Lipinski definition) is 3. The monoisotopic (exact) mass is 233 g/mol. The Hall–Kier alpha value is -1.09. The molecular weight excluding hydrogens is 210 g/mol. The third-order valence-corrected chi connectivity index (χ3v) is 3.69. The van der Waals surface area contributed by atoms with Crippen molar-refractivity contribution in [1.29, 1.82) is 0 Å². The van der Waals surface area contributed by atoms with Crippen LogP contribution in [0.4, 0.5) is 5.82 Å². The van der Waals surface area contributed by atoms with Crippen LogP contribution in [-0.4, -0.2) is 41.6 Å². The van der Waals surface area contributed by atoms with Gasteiger partial charge in [0, 0.05) is 31.4 Å². The number of rotatable bonds is 2. The standard InChI is InChI=1S/C14H23N3/c1-5-17-12(3)9-16(10-13(17)4)14-8-11(2)6-7-15-14/h6-8,12-13H,5,9-10H2,1-4H3/t12-,13+. The number of piperazine rings is 1. The molecule has 1 saturated heterocycles. The zero-order valence-electron chi connectivity index (χ0n) is 11.3. The highest BCUT2D eigenvalue weighted by Crippen LogP contribution is 2.20. The first-order valence-electron chi connectivity index (χ1n) is 6.55. The van der Waals surface area contributed by atoms with Crippen LogP contribution < -0.4 is 4.90 Å². The first kappa shape index (κ1) is 12.4. The molecule has 3 heteroatoms. The van der Waals surface area contributed by atoms with Crippen molar-refractivity contribution in [3.8, 4) is 0 Å². The molecule has 0 aliphatic carbocycles. The average Bonchev–Trinajstić information content (AvgIpc) is 2.28. The third kappa shape index (κ3) is 2.60. The maximum absolute atomic E-state index is 4.49. The molecule has 3 nitrogen and oxygen atoms in total. The zero-order valence-corrected chi connectivity index (χ0v) is 11.3. The van der Waals surface area contributed by atoms with Crippen molar-refractivity contribution < 1.29 is 0 Å². The summed E-state index contributed by atoms with van der Waals surface area (Å²) in [6, 6.07) is 5.44. The molecule has 0 radical (unpaired) electrons. The van der Waals surface area contributed by atoms with Gasteiger partial charge in [0.05, 0.1) is 0 Å². The minimum absolute atomic E-state index is 0.603. The van der Waals surface area contributed by atoms with Crippen LogP contribution in [0.15, 0.2) is 18.3 Å². The molecule has 0 aromatic carbocycles. The van der Waals surface area contributed by atoms with E-state index in [9.17, 15) is 0 Å². The Morgan fingerprint density at radius 2 is 1.94 bits per heavy atom. The largest absolute Gasteiger partial charge is 0.353 e. The maximum atomic E-state index is 4.49. The summed E-state index contributed by atoms with van der Waals surface area (Å²) in [5.41, 5.74) is 1.29. The highest BCUT2D eigenvalue weighted by molar-refractivity contribution is 5.41. The van der Waals surface area contributed by atoms with E-state index in [1.165, 1.54) is 5.56 Å². The van der Waals surface area contributed by atoms with E-state index in [0.29, 0.717) is 12.1 Å². The molecule has 1 aromatic rings. The van der Waals surface area contributed by atoms with E-state index >= 15 is 0 Å². The number of nitrogens with zero attached hydrogens (tertiary/aromatic N) is 3. The Morgan fingerprint density at radius 3 is 2.47 bits per heavy atom. The van der Waals surface area contributed by atoms with Crippen molar-refractivity contribution in [3.05, 3.63) is 23.9 Å². The second-order valence-electron chi connectivity index (χ2n) is 5.12. The lowest BCUT2D eigenvalue weighted by atomic mass is 10.1. The fourth-order valence-electron chi connectivity index (χ4n) is 2.86. The van der Waals surface area contributed by atoms with Gasteiger partial charge in [-0.2, -0.15) is 0 Å². The van der Waals surface area contributed by atoms with Gasteiger partial charge >= 0.3 is 0 Å². The van der Waals surface area contributed by atoms with E-state index in [0.717, 1.165) is 25.5 Å². The molecule has 1 aliphatic rings. The summed E-state index contributed by atoms with van der Waals surface area (Å²) in [6.07, 6.45) is 1.91. The van der Waals surface area contributed by atoms with Crippen LogP contribution in [0.2, 0.25) is 0 Å². The van der Waals surface area contributed by atoms with Crippen LogP contribution >= 0.6 is 0 Å². The topological polar surface area (TPSA) is 19.4 Å². The molecule has 0 bridgehead atoms. The highest BCUT2D eigenvalue weighted by Gasteiger charge is 2.28. The lowest BCUT2D eigenvalue weighted by molar-refractivity contribution is 0.139. The van der Waals surface area contributed by atoms with Gasteiger partial charge in [0.25, 0.3) is 0 Å². The van der Waals surface area contributed by atoms with Crippen LogP contribution in [-0.2, 0) is 0 Å². The van der Waals surface area contributed by atoms with Gasteiger partial charge in [0.15, 0.2) is 0 Å². The number of anilines is 1. The van der Waals surface area contributed by atoms with Gasteiger partial charge in [-0.15, -0.1) is 0 Å². The molecule has 2 atom stereocenters. The fourth-order valence-corrected chi connectivity index (χ4v) is 2.86. The summed E-state index contributed by atoms with van der Waals surface area (Å²) < 4.78 is 0. The molecule has 17 heavy (non-hydrogen) atoms. The van der Waals surface area contributed by atoms with E-state index in [1.807, 2.05) is 6.20 Å². The summed E-state index contributed by atoms with van der Waals surface area (Å²) in [4.78, 5) is 9.46. The quantitative estimate of drug-likeness (QED) is 0.781. The molecule has 0 spiro atoms. The summed E-state index contributed by atoms with van der Waals surface area (Å²) in [7, 11) is 0. The Bertz CT molecular complexity index is 365. The smallest absolute Gasteiger partial charge is 0.128 e. The summed E-state index contributed by atoms with van der Waals surface area (Å²) in [5.74, 6) is 1.12. The van der Waals surface area contributed by atoms with E-state index < -0.39 is 0 Å². The van der Waals surface area contributed by atoms with E-state index in [4.69, 9.17) is 0 Å². The molecule has 0 N–H and O–H groups in total. The molecule has 2 heterocycles. The predicted molar refractivity (Wildman–Crippen MR) is 72.5 cm³/mol. The molecule has 94 valence electrons. The first-order valence-corrected chi connectivity index (χ1v) is 6.55. The molecule has 1 aliphatic heterocycles. The number of likely N-dealkylation sites (N-methyl/N-ethyl adjacent to an activating group) is 1. The highest BCUT2D eigenvalue weighted by atomic mass is 15.3. The lowest BCUT2D eigenvalue weighted by Crippen LogP contribution is -2.56. The normalized spacial score (nSPS) is 26.2. The third-order valence-electron chi connectivity index (χ3n) is 3.69. The van der Waals surface area contributed by atoms with Crippen molar-refractivity contribution in [1.82, 2.24) is 9.88 Å². The summed E-state index contributed by atoms with van der Waals surface area (Å²) >= 11 is 0. The van der Waals surface area contributed by atoms with Crippen LogP contribution in [0, 0.1) is 6.92 Å². The van der Waals surface area contributed by atoms with E-state index in [-0.39, 0.29) is 0 Å². The SMILES string of the molecule is CCN1[C@H](C)CN(c2cc(C)ccn2)C[C@@H]1C. The van der Waals surface area contributed by atoms with Gasteiger partial charge in [-0.05, 0) is 45.0 Å². The maximum Gasteiger partial charge on any atom is 0.128 e. The molecular formula is C14H23N3. The Balaban J connectivity index is 2.14. The molecule has 2 rings (SSSR count). The van der Waals surface area contributed by atoms with Gasteiger partial charge in [-0.3, -0.25) is 4.90 Å². The first-order chi connectivity index (χ1) is 8.11. The van der Waals surface area contributed by atoms with Crippen molar-refractivity contribution in [3.63, 3.8) is 0 Å². The van der Waals surface area contributed by atoms with Crippen molar-refractivity contribution in [2.24, 2.45) is 0 Å². The van der Waals surface area contributed by atoms with Gasteiger partial charge < -0.3 is 4.90 Å². The number of pyridine rings is 1. The minimum Gasteiger partial charge on any atom is -0.353 e. The van der Waals surface area contributed by atoms with Crippen molar-refractivity contribution in [2.75, 3.05) is 24.5 Å². The van der Waals surface area contributed by atoms with Crippen LogP contribution in [0.1, 0.15) is 26.3 Å². The van der Waals surface area contributed by atoms with Crippen LogP contribution in [0.3, 0.4) is 0 Å². The van der Waals surface area contributed by atoms with Gasteiger partial charge in [-0.25, -0.2) is 4.98 Å². The molecule has 0 saturated carbocycles. The average molecular weight is 233 g/mol. The summed E-state index contributed by atoms with van der Waals surface area (Å²) in [5, 5.41) is 0. The second-order valence-corrected chi connectivity index (χ2v) is 5.12. The number of hydrogen-bond donors (Lipinski definition) is 0. The van der Waals surface area contributed by atoms with E-state index in [1.54, 1.807) is 0 Å². The molecule has 0 amide bonds. The molecule has 1 fully saturated rings. The van der Waals surface area contributed by atoms with Crippen molar-refractivity contribution in [2.45, 2.75) is 39.8 Å². The number of aromatic nitrogens is 1. The minimum atomic E-state index is 0.603. The van der Waals surface area contributed by atoms with Crippen molar-refractivity contribution >= 4 is 5.82 Å². The Morgan fingerprint density at radius 1 is 1.29 bits per heavy atom. The molecule has 0 unspecified atom stereocenters. The molecule has 1 aromatic heterocycles. The van der Waals surface area contributed by atoms with Crippen LogP contribution in [0.5, 0.6) is 0 Å². The lowest BCUT2D eigenvalue weighted by Gasteiger charge is -2.44. The Kier molecular flexibility index (Phi) is 3.67.